The molecule has 0 bridgehead atoms. The molecule has 0 atom stereocenters. The van der Waals surface area contributed by atoms with Gasteiger partial charge in [0.2, 0.25) is 0 Å². The standard InChI is InChI=1S/C11H11.2C7H9.5ClH.2V/c1-2-9-7-10-5-3-4-6-11(10)8-9;2*1-2-7-5-3-4-6-7;;;;;;;/h3-8H,2H2,1H3;2*3,5H,2,4H2,1H3;5*1H;;/q3*-1;;;;;;+2;+3/p-5. The first kappa shape index (κ1) is 32.4. The van der Waals surface area contributed by atoms with Crippen molar-refractivity contribution in [3.63, 3.8) is 0 Å². The summed E-state index contributed by atoms with van der Waals surface area (Å²) in [6.07, 6.45) is 20.4. The van der Waals surface area contributed by atoms with Gasteiger partial charge < -0.3 is 0 Å². The van der Waals surface area contributed by atoms with Crippen molar-refractivity contribution in [1.29, 1.82) is 0 Å². The average Bonchev–Trinajstić information content (AvgIpc) is 3.56. The Kier molecular flexibility index (Phi) is 22.2. The zero-order valence-corrected chi connectivity index (χ0v) is 25.2. The fourth-order valence-electron chi connectivity index (χ4n) is 2.81. The molecule has 7 heteroatoms. The molecule has 2 aliphatic carbocycles. The van der Waals surface area contributed by atoms with Crippen LogP contribution in [-0.2, 0) is 33.1 Å². The van der Waals surface area contributed by atoms with Crippen molar-refractivity contribution >= 4 is 60.0 Å². The van der Waals surface area contributed by atoms with E-state index in [-0.39, 0.29) is 14.4 Å². The Bertz CT molecular complexity index is 785. The van der Waals surface area contributed by atoms with Gasteiger partial charge in [-0.2, -0.15) is 18.2 Å². The van der Waals surface area contributed by atoms with Crippen LogP contribution in [0.4, 0.5) is 0 Å². The molecule has 2 aliphatic rings. The molecule has 177 valence electrons. The Morgan fingerprint density at radius 3 is 1.66 bits per heavy atom. The molecule has 0 heterocycles. The molecule has 0 unspecified atom stereocenters. The Labute approximate surface area is 227 Å². The maximum absolute atomic E-state index is 4.95. The van der Waals surface area contributed by atoms with Crippen LogP contribution >= 0.6 is 49.2 Å². The second-order valence-electron chi connectivity index (χ2n) is 6.43. The number of benzene rings is 1. The van der Waals surface area contributed by atoms with Crippen molar-refractivity contribution in [3.05, 3.63) is 89.6 Å². The van der Waals surface area contributed by atoms with E-state index < -0.39 is 12.3 Å². The molecule has 0 fully saturated rings. The van der Waals surface area contributed by atoms with Gasteiger partial charge in [0.05, 0.1) is 0 Å². The summed E-state index contributed by atoms with van der Waals surface area (Å²) in [5.74, 6) is 0. The second-order valence-corrected chi connectivity index (χ2v) is 15.7. The number of halogens is 5. The summed E-state index contributed by atoms with van der Waals surface area (Å²) in [5, 5.41) is 2.73. The van der Waals surface area contributed by atoms with Crippen molar-refractivity contribution in [2.24, 2.45) is 0 Å². The first-order valence-electron chi connectivity index (χ1n) is 10.3. The van der Waals surface area contributed by atoms with Gasteiger partial charge in [-0.05, 0) is 6.42 Å². The number of hydrogen-bond donors (Lipinski definition) is 0. The van der Waals surface area contributed by atoms with E-state index >= 15 is 0 Å². The van der Waals surface area contributed by atoms with Crippen LogP contribution in [0.1, 0.15) is 52.0 Å². The molecule has 2 aromatic carbocycles. The summed E-state index contributed by atoms with van der Waals surface area (Å²) in [7, 11) is 24.6. The molecule has 0 saturated carbocycles. The number of rotatable bonds is 3. The van der Waals surface area contributed by atoms with E-state index in [0.29, 0.717) is 0 Å². The molecular weight excluding hydrogens is 579 g/mol. The van der Waals surface area contributed by atoms with Gasteiger partial charge in [-0.1, -0.05) is 39.7 Å². The number of hydrogen-bond acceptors (Lipinski definition) is 0. The average molecular weight is 609 g/mol. The van der Waals surface area contributed by atoms with Crippen molar-refractivity contribution < 1.29 is 26.7 Å². The van der Waals surface area contributed by atoms with Crippen LogP contribution in [0.25, 0.3) is 10.8 Å². The van der Waals surface area contributed by atoms with Crippen molar-refractivity contribution in [2.45, 2.75) is 52.9 Å². The third kappa shape index (κ3) is 16.9. The molecule has 0 aliphatic heterocycles. The maximum atomic E-state index is 4.95. The Hall–Kier alpha value is 0.409. The van der Waals surface area contributed by atoms with Gasteiger partial charge >= 0.3 is 75.9 Å². The molecule has 0 spiro atoms. The normalized spacial score (nSPS) is 12.9. The Morgan fingerprint density at radius 1 is 0.875 bits per heavy atom. The van der Waals surface area contributed by atoms with Gasteiger partial charge in [0, 0.05) is 0 Å². The zero-order valence-electron chi connectivity index (χ0n) is 18.6. The van der Waals surface area contributed by atoms with Crippen molar-refractivity contribution in [3.8, 4) is 0 Å². The number of aryl methyl sites for hydroxylation is 1. The molecule has 2 aromatic rings. The van der Waals surface area contributed by atoms with E-state index in [1.54, 1.807) is 0 Å². The van der Waals surface area contributed by atoms with Gasteiger partial charge in [-0.15, -0.1) is 53.4 Å². The predicted octanol–water partition coefficient (Wildman–Crippen LogP) is 10.7. The molecule has 0 nitrogen and oxygen atoms in total. The van der Waals surface area contributed by atoms with Crippen molar-refractivity contribution in [2.75, 3.05) is 0 Å². The Balaban J connectivity index is 0.000000405. The van der Waals surface area contributed by atoms with Crippen molar-refractivity contribution in [1.82, 2.24) is 0 Å². The van der Waals surface area contributed by atoms with E-state index in [4.69, 9.17) is 49.2 Å². The number of allylic oxidation sites excluding steroid dienone is 8. The zero-order chi connectivity index (χ0) is 24.2. The third-order valence-corrected chi connectivity index (χ3v) is 4.38. The van der Waals surface area contributed by atoms with Gasteiger partial charge in [-0.25, -0.2) is 23.3 Å². The molecule has 0 amide bonds. The fraction of sp³-hybridized carbons (Fsp3) is 0.320. The SMILES string of the molecule is CCC1=[C-]CC=C1.CCC1=[C-]CC=C1.CCc1cc2ccccc2[cH-]1.[Cl][V]([Cl])[Cl].[Cl][V][Cl]. The molecule has 4 rings (SSSR count). The van der Waals surface area contributed by atoms with Crippen LogP contribution in [-0.4, -0.2) is 0 Å². The van der Waals surface area contributed by atoms with Crippen LogP contribution in [0.15, 0.2) is 71.8 Å². The summed E-state index contributed by atoms with van der Waals surface area (Å²) in [5.41, 5.74) is 4.16. The molecule has 0 saturated heterocycles. The summed E-state index contributed by atoms with van der Waals surface area (Å²) in [6, 6.07) is 13.0. The molecule has 0 radical (unpaired) electrons. The second kappa shape index (κ2) is 21.9. The van der Waals surface area contributed by atoms with E-state index in [9.17, 15) is 0 Å². The topological polar surface area (TPSA) is 0 Å². The van der Waals surface area contributed by atoms with Gasteiger partial charge in [-0.3, -0.25) is 12.2 Å². The summed E-state index contributed by atoms with van der Waals surface area (Å²) >= 11 is -2.14. The molecule has 32 heavy (non-hydrogen) atoms. The van der Waals surface area contributed by atoms with Crippen LogP contribution in [0, 0.1) is 12.2 Å². The van der Waals surface area contributed by atoms with Gasteiger partial charge in [0.15, 0.2) is 0 Å². The fourth-order valence-corrected chi connectivity index (χ4v) is 2.81. The van der Waals surface area contributed by atoms with E-state index in [1.165, 1.54) is 27.5 Å². The monoisotopic (exact) mass is 606 g/mol. The number of fused-ring (bicyclic) bond motifs is 1. The quantitative estimate of drug-likeness (QED) is 0.304. The molecule has 0 aromatic heterocycles. The summed E-state index contributed by atoms with van der Waals surface area (Å²) in [4.78, 5) is 0. The van der Waals surface area contributed by atoms with Crippen LogP contribution in [0.2, 0.25) is 0 Å². The van der Waals surface area contributed by atoms with Crippen LogP contribution in [0.5, 0.6) is 0 Å². The van der Waals surface area contributed by atoms with E-state index in [2.05, 4.69) is 93.6 Å². The summed E-state index contributed by atoms with van der Waals surface area (Å²) < 4.78 is 0. The summed E-state index contributed by atoms with van der Waals surface area (Å²) in [6.45, 7) is 6.49. The minimum atomic E-state index is -1.77. The van der Waals surface area contributed by atoms with E-state index in [1.807, 2.05) is 0 Å². The molecular formula is C25H29Cl5V2-3. The van der Waals surface area contributed by atoms with Crippen LogP contribution < -0.4 is 0 Å². The minimum absolute atomic E-state index is 0.368. The first-order valence-corrected chi connectivity index (χ1v) is 19.9. The Morgan fingerprint density at radius 2 is 1.34 bits per heavy atom. The molecule has 0 N–H and O–H groups in total. The predicted molar refractivity (Wildman–Crippen MR) is 140 cm³/mol. The van der Waals surface area contributed by atoms with Crippen LogP contribution in [0.3, 0.4) is 0 Å². The van der Waals surface area contributed by atoms with E-state index in [0.717, 1.165) is 32.1 Å². The van der Waals surface area contributed by atoms with Gasteiger partial charge in [0.25, 0.3) is 0 Å². The first-order chi connectivity index (χ1) is 15.4. The van der Waals surface area contributed by atoms with Gasteiger partial charge in [0.1, 0.15) is 0 Å². The third-order valence-electron chi connectivity index (χ3n) is 4.38.